The molecule has 7 heteroatoms. The number of unbranched alkanes of at least 4 members (excludes halogenated alkanes) is 2. The second-order valence-corrected chi connectivity index (χ2v) is 6.92. The van der Waals surface area contributed by atoms with Crippen LogP contribution in [0.4, 0.5) is 4.79 Å². The van der Waals surface area contributed by atoms with E-state index in [2.05, 4.69) is 12.2 Å². The lowest BCUT2D eigenvalue weighted by molar-refractivity contribution is -0.129. The Balaban J connectivity index is 1.72. The minimum absolute atomic E-state index is 0.0269. The first-order valence-corrected chi connectivity index (χ1v) is 9.55. The number of ether oxygens (including phenoxy) is 1. The van der Waals surface area contributed by atoms with Gasteiger partial charge in [-0.25, -0.2) is 4.79 Å². The Bertz CT molecular complexity index is 475. The fourth-order valence-corrected chi connectivity index (χ4v) is 3.46. The predicted molar refractivity (Wildman–Crippen MR) is 94.0 cm³/mol. The number of nitrogens with one attached hydrogen (secondary N) is 1. The summed E-state index contributed by atoms with van der Waals surface area (Å²) in [4.78, 5) is 39.7. The Morgan fingerprint density at radius 2 is 1.92 bits per heavy atom. The number of carbonyl (C=O) groups is 3. The van der Waals surface area contributed by atoms with Gasteiger partial charge in [0.05, 0.1) is 12.5 Å². The molecule has 2 fully saturated rings. The first kappa shape index (κ1) is 19.5. The number of carbonyl (C=O) groups excluding carboxylic acids is 3. The lowest BCUT2D eigenvalue weighted by Gasteiger charge is -2.32. The summed E-state index contributed by atoms with van der Waals surface area (Å²) >= 11 is 0. The molecule has 7 nitrogen and oxygen atoms in total. The summed E-state index contributed by atoms with van der Waals surface area (Å²) < 4.78 is 5.00. The molecular weight excluding hydrogens is 322 g/mol. The van der Waals surface area contributed by atoms with Gasteiger partial charge in [0.15, 0.2) is 0 Å². The highest BCUT2D eigenvalue weighted by Crippen LogP contribution is 2.20. The van der Waals surface area contributed by atoms with Crippen LogP contribution >= 0.6 is 0 Å². The highest BCUT2D eigenvalue weighted by atomic mass is 16.6. The third-order valence-corrected chi connectivity index (χ3v) is 4.98. The van der Waals surface area contributed by atoms with Gasteiger partial charge in [-0.15, -0.1) is 0 Å². The van der Waals surface area contributed by atoms with E-state index >= 15 is 0 Å². The lowest BCUT2D eigenvalue weighted by Crippen LogP contribution is -2.48. The van der Waals surface area contributed by atoms with Crippen molar-refractivity contribution in [1.82, 2.24) is 15.1 Å². The molecular formula is C18H31N3O4. The number of piperidine rings is 1. The average molecular weight is 353 g/mol. The summed E-state index contributed by atoms with van der Waals surface area (Å²) in [6.07, 6.45) is 4.73. The van der Waals surface area contributed by atoms with Crippen molar-refractivity contribution in [2.24, 2.45) is 5.92 Å². The molecule has 2 heterocycles. The summed E-state index contributed by atoms with van der Waals surface area (Å²) in [6, 6.07) is 0.0717. The van der Waals surface area contributed by atoms with Crippen molar-refractivity contribution in [2.75, 3.05) is 32.8 Å². The van der Waals surface area contributed by atoms with Crippen LogP contribution in [0.2, 0.25) is 0 Å². The number of hydrogen-bond donors (Lipinski definition) is 1. The van der Waals surface area contributed by atoms with Gasteiger partial charge in [0.25, 0.3) is 0 Å². The number of amides is 3. The summed E-state index contributed by atoms with van der Waals surface area (Å²) in [6.45, 7) is 6.78. The van der Waals surface area contributed by atoms with E-state index in [1.807, 2.05) is 4.90 Å². The molecule has 0 spiro atoms. The Hall–Kier alpha value is -1.79. The maximum absolute atomic E-state index is 12.5. The summed E-state index contributed by atoms with van der Waals surface area (Å²) in [5, 5.41) is 3.06. The normalized spacial score (nSPS) is 21.5. The van der Waals surface area contributed by atoms with Gasteiger partial charge in [0.1, 0.15) is 0 Å². The van der Waals surface area contributed by atoms with Crippen molar-refractivity contribution in [3.63, 3.8) is 0 Å². The third-order valence-electron chi connectivity index (χ3n) is 4.98. The van der Waals surface area contributed by atoms with E-state index in [-0.39, 0.29) is 29.9 Å². The van der Waals surface area contributed by atoms with Crippen molar-refractivity contribution in [1.29, 1.82) is 0 Å². The molecule has 2 saturated heterocycles. The minimum atomic E-state index is -0.281. The Morgan fingerprint density at radius 3 is 2.56 bits per heavy atom. The van der Waals surface area contributed by atoms with E-state index in [0.717, 1.165) is 38.6 Å². The van der Waals surface area contributed by atoms with E-state index in [1.54, 1.807) is 11.8 Å². The molecule has 0 radical (unpaired) electrons. The van der Waals surface area contributed by atoms with E-state index in [4.69, 9.17) is 4.74 Å². The molecule has 25 heavy (non-hydrogen) atoms. The van der Waals surface area contributed by atoms with Gasteiger partial charge in [-0.1, -0.05) is 19.8 Å². The van der Waals surface area contributed by atoms with Gasteiger partial charge in [-0.2, -0.15) is 0 Å². The smallest absolute Gasteiger partial charge is 0.409 e. The monoisotopic (exact) mass is 353 g/mol. The molecule has 0 aromatic rings. The molecule has 3 amide bonds. The zero-order valence-electron chi connectivity index (χ0n) is 15.5. The SMILES string of the molecule is CCCCCN1CC(C(=O)NC2CCN(C(=O)OCC)CC2)CC1=O. The van der Waals surface area contributed by atoms with Crippen molar-refractivity contribution in [3.8, 4) is 0 Å². The first-order chi connectivity index (χ1) is 12.0. The van der Waals surface area contributed by atoms with Crippen LogP contribution in [0.25, 0.3) is 0 Å². The lowest BCUT2D eigenvalue weighted by atomic mass is 10.0. The van der Waals surface area contributed by atoms with Gasteiger partial charge in [-0.05, 0) is 26.2 Å². The fraction of sp³-hybridized carbons (Fsp3) is 0.833. The van der Waals surface area contributed by atoms with Gasteiger partial charge in [0.2, 0.25) is 11.8 Å². The van der Waals surface area contributed by atoms with E-state index < -0.39 is 0 Å². The second-order valence-electron chi connectivity index (χ2n) is 6.92. The summed E-state index contributed by atoms with van der Waals surface area (Å²) in [5.74, 6) is -0.175. The van der Waals surface area contributed by atoms with Crippen LogP contribution in [0.3, 0.4) is 0 Å². The molecule has 142 valence electrons. The van der Waals surface area contributed by atoms with Crippen LogP contribution in [0.5, 0.6) is 0 Å². The minimum Gasteiger partial charge on any atom is -0.450 e. The van der Waals surface area contributed by atoms with Crippen LogP contribution in [-0.2, 0) is 14.3 Å². The van der Waals surface area contributed by atoms with E-state index in [9.17, 15) is 14.4 Å². The molecule has 2 rings (SSSR count). The van der Waals surface area contributed by atoms with Crippen LogP contribution in [0, 0.1) is 5.92 Å². The van der Waals surface area contributed by atoms with E-state index in [1.165, 1.54) is 0 Å². The molecule has 0 saturated carbocycles. The molecule has 0 aliphatic carbocycles. The Morgan fingerprint density at radius 1 is 1.20 bits per heavy atom. The van der Waals surface area contributed by atoms with Gasteiger partial charge in [0, 0.05) is 38.6 Å². The zero-order valence-corrected chi connectivity index (χ0v) is 15.5. The second kappa shape index (κ2) is 9.63. The predicted octanol–water partition coefficient (Wildman–Crippen LogP) is 1.76. The largest absolute Gasteiger partial charge is 0.450 e. The third kappa shape index (κ3) is 5.61. The molecule has 0 bridgehead atoms. The molecule has 2 aliphatic rings. The van der Waals surface area contributed by atoms with Gasteiger partial charge >= 0.3 is 6.09 Å². The fourth-order valence-electron chi connectivity index (χ4n) is 3.46. The van der Waals surface area contributed by atoms with Crippen molar-refractivity contribution >= 4 is 17.9 Å². The molecule has 2 aliphatic heterocycles. The number of rotatable bonds is 7. The zero-order chi connectivity index (χ0) is 18.2. The summed E-state index contributed by atoms with van der Waals surface area (Å²) in [5.41, 5.74) is 0. The maximum Gasteiger partial charge on any atom is 0.409 e. The molecule has 1 unspecified atom stereocenters. The maximum atomic E-state index is 12.5. The van der Waals surface area contributed by atoms with Crippen molar-refractivity contribution < 1.29 is 19.1 Å². The number of nitrogens with zero attached hydrogens (tertiary/aromatic N) is 2. The van der Waals surface area contributed by atoms with E-state index in [0.29, 0.717) is 32.7 Å². The number of likely N-dealkylation sites (tertiary alicyclic amines) is 2. The summed E-state index contributed by atoms with van der Waals surface area (Å²) in [7, 11) is 0. The highest BCUT2D eigenvalue weighted by Gasteiger charge is 2.35. The quantitative estimate of drug-likeness (QED) is 0.708. The van der Waals surface area contributed by atoms with Gasteiger partial charge < -0.3 is 19.9 Å². The first-order valence-electron chi connectivity index (χ1n) is 9.55. The van der Waals surface area contributed by atoms with Crippen LogP contribution < -0.4 is 5.32 Å². The number of hydrogen-bond acceptors (Lipinski definition) is 4. The Kier molecular flexibility index (Phi) is 7.52. The van der Waals surface area contributed by atoms with Crippen molar-refractivity contribution in [3.05, 3.63) is 0 Å². The molecule has 1 N–H and O–H groups in total. The molecule has 0 aromatic carbocycles. The van der Waals surface area contributed by atoms with Crippen LogP contribution in [0.15, 0.2) is 0 Å². The highest BCUT2D eigenvalue weighted by molar-refractivity contribution is 5.89. The van der Waals surface area contributed by atoms with Crippen molar-refractivity contribution in [2.45, 2.75) is 58.4 Å². The molecule has 1 atom stereocenters. The topological polar surface area (TPSA) is 79.0 Å². The van der Waals surface area contributed by atoms with Crippen LogP contribution in [0.1, 0.15) is 52.4 Å². The van der Waals surface area contributed by atoms with Crippen LogP contribution in [-0.4, -0.2) is 66.5 Å². The molecule has 0 aromatic heterocycles. The Labute approximate surface area is 150 Å². The van der Waals surface area contributed by atoms with Gasteiger partial charge in [-0.3, -0.25) is 9.59 Å². The average Bonchev–Trinajstić information content (AvgIpc) is 2.97. The standard InChI is InChI=1S/C18H31N3O4/c1-3-5-6-9-21-13-14(12-16(21)22)17(23)19-15-7-10-20(11-8-15)18(24)25-4-2/h14-15H,3-13H2,1-2H3,(H,19,23).